The maximum absolute atomic E-state index is 12.0. The van der Waals surface area contributed by atoms with Gasteiger partial charge in [0, 0.05) is 12.6 Å². The normalized spacial score (nSPS) is 24.1. The molecule has 1 fully saturated rings. The number of aliphatic hydroxyl groups is 4. The van der Waals surface area contributed by atoms with Crippen LogP contribution in [0.4, 0.5) is 0 Å². The highest BCUT2D eigenvalue weighted by atomic mass is 16.7. The number of nitrogens with one attached hydrogen (secondary N) is 1. The van der Waals surface area contributed by atoms with Crippen LogP contribution < -0.4 is 10.1 Å². The lowest BCUT2D eigenvalue weighted by molar-refractivity contribution is -0.330. The van der Waals surface area contributed by atoms with E-state index in [1.54, 1.807) is 44.3 Å². The number of hydrogen-bond donors (Lipinski definition) is 5. The minimum Gasteiger partial charge on any atom is -0.461 e. The molecule has 0 saturated carbocycles. The SMILES string of the molecule is CNC(=O)c1cccc(-c2ccc(O[C@H]3O[C@H](CO)[C@@H](O)[C@H](O)[C@@]3(O)COCCOCc3ccccc3)c(C)c2)c1. The predicted octanol–water partition coefficient (Wildman–Crippen LogP) is 1.80. The van der Waals surface area contributed by atoms with E-state index < -0.39 is 43.4 Å². The van der Waals surface area contributed by atoms with E-state index in [-0.39, 0.29) is 19.1 Å². The Balaban J connectivity index is 1.45. The minimum atomic E-state index is -2.16. The smallest absolute Gasteiger partial charge is 0.251 e. The molecule has 1 amide bonds. The third-order valence-electron chi connectivity index (χ3n) is 7.01. The Hall–Kier alpha value is -3.35. The van der Waals surface area contributed by atoms with Gasteiger partial charge in [0.1, 0.15) is 24.1 Å². The molecule has 1 aliphatic heterocycles. The first-order valence-electron chi connectivity index (χ1n) is 13.4. The van der Waals surface area contributed by atoms with E-state index in [2.05, 4.69) is 5.32 Å². The first-order chi connectivity index (χ1) is 19.8. The number of carbonyl (C=O) groups is 1. The zero-order valence-corrected chi connectivity index (χ0v) is 23.1. The van der Waals surface area contributed by atoms with Gasteiger partial charge in [-0.05, 0) is 53.4 Å². The second-order valence-corrected chi connectivity index (χ2v) is 9.96. The van der Waals surface area contributed by atoms with Crippen LogP contribution in [0.2, 0.25) is 0 Å². The Bertz CT molecular complexity index is 1290. The molecule has 3 aromatic carbocycles. The van der Waals surface area contributed by atoms with E-state index in [0.717, 1.165) is 16.7 Å². The fraction of sp³-hybridized carbons (Fsp3) is 0.387. The molecule has 5 N–H and O–H groups in total. The Kier molecular flexibility index (Phi) is 10.5. The van der Waals surface area contributed by atoms with E-state index in [0.29, 0.717) is 23.5 Å². The first-order valence-corrected chi connectivity index (χ1v) is 13.4. The Morgan fingerprint density at radius 2 is 1.71 bits per heavy atom. The number of aryl methyl sites for hydroxylation is 1. The van der Waals surface area contributed by atoms with Crippen LogP contribution in [0.15, 0.2) is 72.8 Å². The van der Waals surface area contributed by atoms with Gasteiger partial charge < -0.3 is 44.7 Å². The van der Waals surface area contributed by atoms with Gasteiger partial charge in [0.05, 0.1) is 33.0 Å². The molecule has 0 unspecified atom stereocenters. The molecular formula is C31H37NO9. The zero-order valence-electron chi connectivity index (χ0n) is 23.1. The van der Waals surface area contributed by atoms with Gasteiger partial charge in [0.25, 0.3) is 5.91 Å². The van der Waals surface area contributed by atoms with Crippen LogP contribution in [0.1, 0.15) is 21.5 Å². The van der Waals surface area contributed by atoms with Crippen LogP contribution in [0.25, 0.3) is 11.1 Å². The van der Waals surface area contributed by atoms with Crippen molar-refractivity contribution in [3.63, 3.8) is 0 Å². The van der Waals surface area contributed by atoms with E-state index >= 15 is 0 Å². The van der Waals surface area contributed by atoms with Gasteiger partial charge in [-0.3, -0.25) is 4.79 Å². The van der Waals surface area contributed by atoms with Crippen molar-refractivity contribution in [3.8, 4) is 16.9 Å². The number of amides is 1. The fourth-order valence-electron chi connectivity index (χ4n) is 4.61. The van der Waals surface area contributed by atoms with Gasteiger partial charge in [0.2, 0.25) is 6.29 Å². The molecule has 220 valence electrons. The Morgan fingerprint density at radius 1 is 0.976 bits per heavy atom. The van der Waals surface area contributed by atoms with E-state index in [1.807, 2.05) is 42.5 Å². The molecule has 0 bridgehead atoms. The molecule has 0 spiro atoms. The second kappa shape index (κ2) is 14.0. The van der Waals surface area contributed by atoms with Crippen LogP contribution in [0.5, 0.6) is 5.75 Å². The number of aliphatic hydroxyl groups excluding tert-OH is 3. The maximum Gasteiger partial charge on any atom is 0.251 e. The Morgan fingerprint density at radius 3 is 2.41 bits per heavy atom. The standard InChI is InChI=1S/C31H37NO9/c1-20-15-23(22-9-6-10-24(16-22)29(36)32-2)11-12-25(20)40-30-31(37,28(35)27(34)26(17-33)41-30)19-39-14-13-38-18-21-7-4-3-5-8-21/h3-12,15-16,26-28,30,33-35,37H,13-14,17-19H2,1-2H3,(H,32,36)/t26-,27-,28+,30+,31+/m1/s1. The lowest BCUT2D eigenvalue weighted by Crippen LogP contribution is -2.69. The molecule has 10 nitrogen and oxygen atoms in total. The van der Waals surface area contributed by atoms with Gasteiger partial charge in [-0.15, -0.1) is 0 Å². The molecule has 41 heavy (non-hydrogen) atoms. The molecule has 4 rings (SSSR count). The number of hydrogen-bond acceptors (Lipinski definition) is 9. The van der Waals surface area contributed by atoms with Crippen molar-refractivity contribution in [2.45, 2.75) is 43.7 Å². The van der Waals surface area contributed by atoms with Crippen molar-refractivity contribution in [1.29, 1.82) is 0 Å². The van der Waals surface area contributed by atoms with Gasteiger partial charge in [0.15, 0.2) is 5.60 Å². The van der Waals surface area contributed by atoms with Gasteiger partial charge >= 0.3 is 0 Å². The van der Waals surface area contributed by atoms with E-state index in [1.165, 1.54) is 0 Å². The summed E-state index contributed by atoms with van der Waals surface area (Å²) in [6.45, 7) is 1.52. The molecule has 5 atom stereocenters. The van der Waals surface area contributed by atoms with Crippen molar-refractivity contribution in [2.24, 2.45) is 0 Å². The number of ether oxygens (including phenoxy) is 4. The van der Waals surface area contributed by atoms with Crippen LogP contribution in [0.3, 0.4) is 0 Å². The molecule has 1 aliphatic rings. The average molecular weight is 568 g/mol. The first kappa shape index (κ1) is 30.6. The third kappa shape index (κ3) is 7.30. The highest BCUT2D eigenvalue weighted by Crippen LogP contribution is 2.34. The topological polar surface area (TPSA) is 147 Å². The molecule has 0 radical (unpaired) electrons. The molecule has 0 aliphatic carbocycles. The summed E-state index contributed by atoms with van der Waals surface area (Å²) in [7, 11) is 1.57. The number of benzene rings is 3. The predicted molar refractivity (Wildman–Crippen MR) is 150 cm³/mol. The lowest BCUT2D eigenvalue weighted by atomic mass is 9.87. The van der Waals surface area contributed by atoms with E-state index in [9.17, 15) is 25.2 Å². The van der Waals surface area contributed by atoms with E-state index in [4.69, 9.17) is 18.9 Å². The van der Waals surface area contributed by atoms with Crippen molar-refractivity contribution in [1.82, 2.24) is 5.32 Å². The van der Waals surface area contributed by atoms with Crippen molar-refractivity contribution >= 4 is 5.91 Å². The highest BCUT2D eigenvalue weighted by molar-refractivity contribution is 5.95. The summed E-state index contributed by atoms with van der Waals surface area (Å²) in [4.78, 5) is 12.0. The molecule has 0 aromatic heterocycles. The second-order valence-electron chi connectivity index (χ2n) is 9.96. The molecule has 10 heteroatoms. The summed E-state index contributed by atoms with van der Waals surface area (Å²) >= 11 is 0. The summed E-state index contributed by atoms with van der Waals surface area (Å²) in [5.74, 6) is 0.160. The summed E-state index contributed by atoms with van der Waals surface area (Å²) in [5, 5.41) is 45.1. The quantitative estimate of drug-likeness (QED) is 0.207. The van der Waals surface area contributed by atoms with Crippen LogP contribution in [-0.2, 0) is 20.8 Å². The minimum absolute atomic E-state index is 0.108. The van der Waals surface area contributed by atoms with Crippen molar-refractivity contribution < 1.29 is 44.2 Å². The number of rotatable bonds is 12. The molecule has 3 aromatic rings. The van der Waals surface area contributed by atoms with Crippen LogP contribution in [0, 0.1) is 6.92 Å². The maximum atomic E-state index is 12.0. The largest absolute Gasteiger partial charge is 0.461 e. The van der Waals surface area contributed by atoms with Gasteiger partial charge in [-0.2, -0.15) is 0 Å². The summed E-state index contributed by atoms with van der Waals surface area (Å²) in [6, 6.07) is 22.2. The number of carbonyl (C=O) groups excluding carboxylic acids is 1. The summed E-state index contributed by atoms with van der Waals surface area (Å²) in [6.07, 6.45) is -5.95. The zero-order chi connectivity index (χ0) is 29.4. The van der Waals surface area contributed by atoms with Gasteiger partial charge in [-0.1, -0.05) is 48.5 Å². The summed E-state index contributed by atoms with van der Waals surface area (Å²) in [5.41, 5.74) is 1.73. The fourth-order valence-corrected chi connectivity index (χ4v) is 4.61. The van der Waals surface area contributed by atoms with Crippen molar-refractivity contribution in [2.75, 3.05) is 33.5 Å². The van der Waals surface area contributed by atoms with Crippen LogP contribution in [-0.4, -0.2) is 90.0 Å². The lowest BCUT2D eigenvalue weighted by Gasteiger charge is -2.47. The Labute approximate surface area is 239 Å². The van der Waals surface area contributed by atoms with Crippen molar-refractivity contribution in [3.05, 3.63) is 89.5 Å². The monoisotopic (exact) mass is 567 g/mol. The summed E-state index contributed by atoms with van der Waals surface area (Å²) < 4.78 is 23.0. The third-order valence-corrected chi connectivity index (χ3v) is 7.01. The molecule has 1 heterocycles. The van der Waals surface area contributed by atoms with Gasteiger partial charge in [-0.25, -0.2) is 0 Å². The molecular weight excluding hydrogens is 530 g/mol. The molecule has 1 saturated heterocycles. The highest BCUT2D eigenvalue weighted by Gasteiger charge is 2.56. The van der Waals surface area contributed by atoms with Crippen LogP contribution >= 0.6 is 0 Å². The average Bonchev–Trinajstić information content (AvgIpc) is 3.00.